The number of hydrogen-bond acceptors (Lipinski definition) is 14. The molecule has 16 nitrogen and oxygen atoms in total. The molecule has 0 aliphatic heterocycles. The zero-order chi connectivity index (χ0) is 72.3. The molecule has 0 saturated carbocycles. The van der Waals surface area contributed by atoms with Gasteiger partial charge in [0, 0.05) is 19.3 Å². The molecular weight excluding hydrogens is 1290 g/mol. The van der Waals surface area contributed by atoms with Crippen LogP contribution in [-0.4, -0.2) is 95.9 Å². The van der Waals surface area contributed by atoms with Crippen molar-refractivity contribution in [1.29, 1.82) is 0 Å². The monoisotopic (exact) mass is 1420 g/mol. The van der Waals surface area contributed by atoms with Crippen LogP contribution in [0.25, 0.3) is 0 Å². The number of allylic oxidation sites excluding steroid dienone is 32. The third-order valence-corrected chi connectivity index (χ3v) is 16.2. The van der Waals surface area contributed by atoms with Crippen LogP contribution >= 0.6 is 15.6 Å². The van der Waals surface area contributed by atoms with Crippen molar-refractivity contribution in [3.8, 4) is 0 Å². The van der Waals surface area contributed by atoms with E-state index in [9.17, 15) is 43.5 Å². The predicted molar refractivity (Wildman–Crippen MR) is 408 cm³/mol. The van der Waals surface area contributed by atoms with E-state index in [1.807, 2.05) is 12.2 Å². The number of esters is 3. The Morgan fingerprint density at radius 2 is 0.515 bits per heavy atom. The fourth-order valence-corrected chi connectivity index (χ4v) is 10.4. The number of phosphoric acid groups is 2. The minimum absolute atomic E-state index is 0.0145. The highest BCUT2D eigenvalue weighted by Crippen LogP contribution is 2.45. The lowest BCUT2D eigenvalue weighted by Crippen LogP contribution is -2.30. The molecule has 0 aromatic rings. The molecule has 0 fully saturated rings. The standard InChI is InChI=1S/C81H128O16P2/c1-4-7-10-13-16-19-22-25-28-31-33-35-37-39-41-44-46-49-52-55-58-61-64-67-79(84)91-70-76(82)71-93-98(87,88)94-72-77(83)73-95-99(89,90)96-75-78(97-81(86)69-66-63-60-57-54-51-48-43-30-27-24-21-18-15-12-9-6-3)74-92-80(85)68-65-62-59-56-53-50-47-45-42-40-38-36-34-32-29-26-23-20-17-14-11-8-5-2/h7-12,16-21,25-30,33-36,39-42,46,48-49,51,57,60,76-78,82-83H,4-6,13-15,22-24,31-32,37-38,43-45,47,50,52-56,58-59,61-75H2,1-3H3,(H,87,88)(H,89,90)/b10-7-,11-8-,12-9-,19-16-,20-17-,21-18-,28-25-,29-26-,30-27-,35-33-,36-34-,41-39-,42-40-,49-46-,51-48-,60-57-. The van der Waals surface area contributed by atoms with E-state index in [2.05, 4.69) is 203 Å². The third kappa shape index (κ3) is 73.4. The number of hydrogen-bond donors (Lipinski definition) is 4. The van der Waals surface area contributed by atoms with Crippen molar-refractivity contribution in [3.63, 3.8) is 0 Å². The summed E-state index contributed by atoms with van der Waals surface area (Å²) in [7, 11) is -9.84. The normalized spacial score (nSPS) is 15.2. The first-order chi connectivity index (χ1) is 48.2. The van der Waals surface area contributed by atoms with Gasteiger partial charge in [-0.05, 0) is 154 Å². The van der Waals surface area contributed by atoms with Gasteiger partial charge in [0.25, 0.3) is 0 Å². The summed E-state index contributed by atoms with van der Waals surface area (Å²) in [6, 6.07) is 0. The Hall–Kier alpha value is -5.61. The Labute approximate surface area is 597 Å². The number of carbonyl (C=O) groups is 3. The first-order valence-corrected chi connectivity index (χ1v) is 39.7. The van der Waals surface area contributed by atoms with Crippen LogP contribution in [0.2, 0.25) is 0 Å². The van der Waals surface area contributed by atoms with Crippen LogP contribution in [0.4, 0.5) is 0 Å². The molecule has 0 aliphatic carbocycles. The second kappa shape index (κ2) is 72.2. The van der Waals surface area contributed by atoms with Crippen LogP contribution in [0.15, 0.2) is 194 Å². The number of carbonyl (C=O) groups excluding carboxylic acids is 3. The van der Waals surface area contributed by atoms with Crippen LogP contribution in [-0.2, 0) is 55.8 Å². The average molecular weight is 1420 g/mol. The van der Waals surface area contributed by atoms with Gasteiger partial charge in [-0.3, -0.25) is 32.5 Å². The topological polar surface area (TPSA) is 231 Å². The van der Waals surface area contributed by atoms with Crippen LogP contribution in [0.5, 0.6) is 0 Å². The first-order valence-electron chi connectivity index (χ1n) is 36.7. The van der Waals surface area contributed by atoms with E-state index in [4.69, 9.17) is 32.3 Å². The molecule has 0 radical (unpaired) electrons. The van der Waals surface area contributed by atoms with Gasteiger partial charge < -0.3 is 34.2 Å². The fourth-order valence-electron chi connectivity index (χ4n) is 8.81. The number of phosphoric ester groups is 2. The fraction of sp³-hybridized carbons (Fsp3) is 0.568. The summed E-state index contributed by atoms with van der Waals surface area (Å²) < 4.78 is 60.9. The quantitative estimate of drug-likeness (QED) is 0.0146. The van der Waals surface area contributed by atoms with Gasteiger partial charge in [0.15, 0.2) is 6.10 Å². The molecule has 558 valence electrons. The van der Waals surface area contributed by atoms with Crippen molar-refractivity contribution in [1.82, 2.24) is 0 Å². The summed E-state index contributed by atoms with van der Waals surface area (Å²) in [6.07, 6.45) is 93.4. The van der Waals surface area contributed by atoms with Gasteiger partial charge in [0.05, 0.1) is 26.4 Å². The Kier molecular flexibility index (Phi) is 68.1. The van der Waals surface area contributed by atoms with Gasteiger partial charge in [-0.15, -0.1) is 0 Å². The average Bonchev–Trinajstić information content (AvgIpc) is 2.19. The Bertz CT molecular complexity index is 2580. The summed E-state index contributed by atoms with van der Waals surface area (Å²) in [4.78, 5) is 58.5. The number of ether oxygens (including phenoxy) is 3. The number of unbranched alkanes of at least 4 members (excludes halogenated alkanes) is 12. The minimum Gasteiger partial charge on any atom is -0.463 e. The lowest BCUT2D eigenvalue weighted by molar-refractivity contribution is -0.161. The van der Waals surface area contributed by atoms with Gasteiger partial charge in [-0.2, -0.15) is 0 Å². The minimum atomic E-state index is -4.96. The van der Waals surface area contributed by atoms with Gasteiger partial charge >= 0.3 is 33.6 Å². The Balaban J connectivity index is 4.78. The number of aliphatic hydroxyl groups is 2. The summed E-state index contributed by atoms with van der Waals surface area (Å²) in [6.45, 7) is 2.18. The highest BCUT2D eigenvalue weighted by molar-refractivity contribution is 7.47. The van der Waals surface area contributed by atoms with Crippen LogP contribution < -0.4 is 0 Å². The molecule has 0 amide bonds. The molecule has 0 aromatic carbocycles. The molecule has 5 atom stereocenters. The van der Waals surface area contributed by atoms with Crippen molar-refractivity contribution in [2.75, 3.05) is 39.6 Å². The van der Waals surface area contributed by atoms with Gasteiger partial charge in [0.1, 0.15) is 25.4 Å². The molecule has 4 N–H and O–H groups in total. The van der Waals surface area contributed by atoms with E-state index in [0.717, 1.165) is 173 Å². The second-order valence-electron chi connectivity index (χ2n) is 23.6. The summed E-state index contributed by atoms with van der Waals surface area (Å²) in [5.74, 6) is -1.70. The van der Waals surface area contributed by atoms with Crippen molar-refractivity contribution >= 4 is 33.6 Å². The van der Waals surface area contributed by atoms with Crippen molar-refractivity contribution in [2.45, 2.75) is 257 Å². The Morgan fingerprint density at radius 3 is 0.828 bits per heavy atom. The van der Waals surface area contributed by atoms with Crippen molar-refractivity contribution in [3.05, 3.63) is 194 Å². The maximum absolute atomic E-state index is 12.9. The van der Waals surface area contributed by atoms with Gasteiger partial charge in [-0.1, -0.05) is 260 Å². The van der Waals surface area contributed by atoms with E-state index in [1.54, 1.807) is 0 Å². The number of rotatable bonds is 67. The molecule has 5 unspecified atom stereocenters. The lowest BCUT2D eigenvalue weighted by Gasteiger charge is -2.21. The van der Waals surface area contributed by atoms with E-state index in [0.29, 0.717) is 25.7 Å². The molecule has 0 saturated heterocycles. The SMILES string of the molecule is CC/C=C\C/C=C\C/C=C\C/C=C\C/C=C\C/C=C\CCCCCCC(=O)OCC(O)COP(=O)(O)OCC(O)COP(=O)(O)OCC(COC(=O)CCCCCCCCC/C=C\C/C=C\C/C=C\C/C=C\C/C=C\CC)OC(=O)CCC/C=C\C/C=C\C/C=C\C/C=C\C/C=C\CC. The summed E-state index contributed by atoms with van der Waals surface area (Å²) >= 11 is 0. The molecule has 0 spiro atoms. The highest BCUT2D eigenvalue weighted by Gasteiger charge is 2.29. The molecule has 18 heteroatoms. The van der Waals surface area contributed by atoms with E-state index >= 15 is 0 Å². The second-order valence-corrected chi connectivity index (χ2v) is 26.5. The molecule has 0 aliphatic rings. The zero-order valence-electron chi connectivity index (χ0n) is 60.6. The van der Waals surface area contributed by atoms with Crippen LogP contribution in [0, 0.1) is 0 Å². The van der Waals surface area contributed by atoms with Crippen LogP contribution in [0.1, 0.15) is 239 Å². The van der Waals surface area contributed by atoms with Gasteiger partial charge in [0.2, 0.25) is 0 Å². The predicted octanol–water partition coefficient (Wildman–Crippen LogP) is 21.2. The van der Waals surface area contributed by atoms with E-state index in [1.165, 1.54) is 0 Å². The Morgan fingerprint density at radius 1 is 0.283 bits per heavy atom. The van der Waals surface area contributed by atoms with Crippen molar-refractivity contribution < 1.29 is 75.8 Å². The maximum atomic E-state index is 12.9. The molecule has 99 heavy (non-hydrogen) atoms. The summed E-state index contributed by atoms with van der Waals surface area (Å²) in [5.41, 5.74) is 0. The lowest BCUT2D eigenvalue weighted by atomic mass is 10.1. The van der Waals surface area contributed by atoms with Gasteiger partial charge in [-0.25, -0.2) is 9.13 Å². The largest absolute Gasteiger partial charge is 0.472 e. The van der Waals surface area contributed by atoms with E-state index < -0.39 is 91.5 Å². The summed E-state index contributed by atoms with van der Waals surface area (Å²) in [5, 5.41) is 20.6. The first kappa shape index (κ1) is 93.4. The smallest absolute Gasteiger partial charge is 0.463 e. The highest BCUT2D eigenvalue weighted by atomic mass is 31.2. The molecule has 0 aromatic heterocycles. The molecule has 0 bridgehead atoms. The maximum Gasteiger partial charge on any atom is 0.472 e. The molecular formula is C81H128O16P2. The van der Waals surface area contributed by atoms with Crippen molar-refractivity contribution in [2.24, 2.45) is 0 Å². The molecule has 0 heterocycles. The third-order valence-electron chi connectivity index (χ3n) is 14.3. The van der Waals surface area contributed by atoms with Crippen LogP contribution in [0.3, 0.4) is 0 Å². The van der Waals surface area contributed by atoms with E-state index in [-0.39, 0.29) is 19.3 Å². The zero-order valence-corrected chi connectivity index (χ0v) is 62.4. The molecule has 0 rings (SSSR count). The number of aliphatic hydroxyl groups excluding tert-OH is 2.